The molecule has 1 aromatic heterocycles. The van der Waals surface area contributed by atoms with Crippen molar-refractivity contribution in [3.63, 3.8) is 0 Å². The smallest absolute Gasteiger partial charge is 0.266 e. The number of aromatic nitrogens is 2. The highest BCUT2D eigenvalue weighted by molar-refractivity contribution is 5.91. The molecule has 0 fully saturated rings. The summed E-state index contributed by atoms with van der Waals surface area (Å²) in [6.07, 6.45) is -2.98. The molecule has 4 N–H and O–H groups in total. The van der Waals surface area contributed by atoms with E-state index in [1.54, 1.807) is 33.1 Å². The molecule has 0 radical (unpaired) electrons. The van der Waals surface area contributed by atoms with Crippen LogP contribution in [0.5, 0.6) is 0 Å². The standard InChI is InChI=1S/C21H24F3N5O/c1-11(15-8-13(25)9-17(19(15)22)20(23)24)27-21-16-10-14(26-6-7-30-3)4-5-18(16)28-12(2)29-21/h4-5,8-11,20,26H,6-7,25H2,1-3H3,(H,27,28,29)/t11-/m1/s1/i4D. The number of hydrogen-bond acceptors (Lipinski definition) is 6. The monoisotopic (exact) mass is 420 g/mol. The number of nitrogens with one attached hydrogen (secondary N) is 2. The molecule has 3 rings (SSSR count). The van der Waals surface area contributed by atoms with Crippen molar-refractivity contribution in [2.45, 2.75) is 26.3 Å². The van der Waals surface area contributed by atoms with Gasteiger partial charge in [-0.2, -0.15) is 0 Å². The molecule has 0 bridgehead atoms. The van der Waals surface area contributed by atoms with Crippen molar-refractivity contribution in [2.75, 3.05) is 36.6 Å². The van der Waals surface area contributed by atoms with Gasteiger partial charge in [-0.1, -0.05) is 0 Å². The third kappa shape index (κ3) is 4.73. The van der Waals surface area contributed by atoms with E-state index in [1.165, 1.54) is 6.07 Å². The van der Waals surface area contributed by atoms with Gasteiger partial charge in [0.15, 0.2) is 0 Å². The lowest BCUT2D eigenvalue weighted by Crippen LogP contribution is -2.13. The Bertz CT molecular complexity index is 1100. The fourth-order valence-electron chi connectivity index (χ4n) is 3.14. The number of halogens is 3. The summed E-state index contributed by atoms with van der Waals surface area (Å²) in [6.45, 7) is 4.29. The van der Waals surface area contributed by atoms with Crippen LogP contribution in [0.15, 0.2) is 30.3 Å². The average Bonchev–Trinajstić information content (AvgIpc) is 2.69. The van der Waals surface area contributed by atoms with Gasteiger partial charge in [-0.3, -0.25) is 0 Å². The Morgan fingerprint density at radius 1 is 1.23 bits per heavy atom. The second kappa shape index (κ2) is 9.17. The number of nitrogen functional groups attached to an aromatic ring is 1. The summed E-state index contributed by atoms with van der Waals surface area (Å²) in [5, 5.41) is 6.80. The molecule has 9 heteroatoms. The number of nitrogens with two attached hydrogens (primary N) is 1. The van der Waals surface area contributed by atoms with Gasteiger partial charge >= 0.3 is 0 Å². The second-order valence-corrected chi connectivity index (χ2v) is 6.86. The van der Waals surface area contributed by atoms with E-state index in [0.717, 1.165) is 6.07 Å². The van der Waals surface area contributed by atoms with Crippen molar-refractivity contribution in [1.82, 2.24) is 9.97 Å². The first kappa shape index (κ1) is 20.2. The van der Waals surface area contributed by atoms with E-state index in [-0.39, 0.29) is 17.3 Å². The molecular formula is C21H24F3N5O. The summed E-state index contributed by atoms with van der Waals surface area (Å²) in [4.78, 5) is 8.77. The number of ether oxygens (including phenoxy) is 1. The van der Waals surface area contributed by atoms with E-state index >= 15 is 0 Å². The van der Waals surface area contributed by atoms with Gasteiger partial charge in [0, 0.05) is 36.0 Å². The van der Waals surface area contributed by atoms with Crippen LogP contribution in [0, 0.1) is 12.7 Å². The van der Waals surface area contributed by atoms with Gasteiger partial charge in [0.25, 0.3) is 6.43 Å². The molecule has 0 saturated heterocycles. The number of aryl methyl sites for hydroxylation is 1. The SMILES string of the molecule is [2H]c1cc2nc(C)nc(N[C@H](C)c3cc(N)cc(C(F)F)c3F)c2cc1NCCOC. The Morgan fingerprint density at radius 2 is 1.97 bits per heavy atom. The highest BCUT2D eigenvalue weighted by atomic mass is 19.3. The first-order valence-electron chi connectivity index (χ1n) is 9.86. The maximum Gasteiger partial charge on any atom is 0.266 e. The molecule has 0 amide bonds. The Kier molecular flexibility index (Phi) is 6.18. The Labute approximate surface area is 174 Å². The van der Waals surface area contributed by atoms with Crippen LogP contribution in [0.4, 0.5) is 30.4 Å². The number of anilines is 3. The second-order valence-electron chi connectivity index (χ2n) is 6.86. The minimum atomic E-state index is -2.98. The zero-order valence-corrected chi connectivity index (χ0v) is 16.9. The molecule has 1 heterocycles. The molecule has 0 unspecified atom stereocenters. The van der Waals surface area contributed by atoms with Crippen LogP contribution in [0.2, 0.25) is 0 Å². The van der Waals surface area contributed by atoms with Crippen molar-refractivity contribution < 1.29 is 19.3 Å². The molecule has 0 aliphatic heterocycles. The minimum absolute atomic E-state index is 0.00951. The molecule has 6 nitrogen and oxygen atoms in total. The molecule has 0 saturated carbocycles. The lowest BCUT2D eigenvalue weighted by atomic mass is 10.0. The molecule has 0 spiro atoms. The van der Waals surface area contributed by atoms with E-state index in [9.17, 15) is 13.2 Å². The highest BCUT2D eigenvalue weighted by Gasteiger charge is 2.21. The van der Waals surface area contributed by atoms with Crippen LogP contribution in [-0.4, -0.2) is 30.2 Å². The predicted molar refractivity (Wildman–Crippen MR) is 112 cm³/mol. The van der Waals surface area contributed by atoms with Crippen molar-refractivity contribution in [2.24, 2.45) is 0 Å². The van der Waals surface area contributed by atoms with Gasteiger partial charge in [0.05, 0.1) is 25.1 Å². The molecular weight excluding hydrogens is 395 g/mol. The van der Waals surface area contributed by atoms with Gasteiger partial charge in [-0.15, -0.1) is 0 Å². The van der Waals surface area contributed by atoms with E-state index in [4.69, 9.17) is 11.8 Å². The molecule has 2 aromatic carbocycles. The van der Waals surface area contributed by atoms with Crippen LogP contribution < -0.4 is 16.4 Å². The Morgan fingerprint density at radius 3 is 2.67 bits per heavy atom. The number of alkyl halides is 2. The number of methoxy groups -OCH3 is 1. The number of hydrogen-bond donors (Lipinski definition) is 3. The van der Waals surface area contributed by atoms with E-state index in [0.29, 0.717) is 41.4 Å². The van der Waals surface area contributed by atoms with Crippen molar-refractivity contribution in [3.05, 3.63) is 53.1 Å². The molecule has 0 aliphatic carbocycles. The third-order valence-electron chi connectivity index (χ3n) is 4.57. The van der Waals surface area contributed by atoms with Gasteiger partial charge in [-0.25, -0.2) is 23.1 Å². The Hall–Kier alpha value is -3.07. The first-order valence-corrected chi connectivity index (χ1v) is 9.36. The topological polar surface area (TPSA) is 85.1 Å². The summed E-state index contributed by atoms with van der Waals surface area (Å²) in [5.74, 6) is -0.164. The van der Waals surface area contributed by atoms with Crippen molar-refractivity contribution in [3.8, 4) is 0 Å². The maximum absolute atomic E-state index is 14.7. The normalized spacial score (nSPS) is 12.8. The largest absolute Gasteiger partial charge is 0.399 e. The fourth-order valence-corrected chi connectivity index (χ4v) is 3.14. The zero-order valence-electron chi connectivity index (χ0n) is 17.9. The summed E-state index contributed by atoms with van der Waals surface area (Å²) in [5.41, 5.74) is 6.12. The number of benzene rings is 2. The molecule has 3 aromatic rings. The fraction of sp³-hybridized carbons (Fsp3) is 0.333. The predicted octanol–water partition coefficient (Wildman–Crippen LogP) is 4.83. The lowest BCUT2D eigenvalue weighted by molar-refractivity contribution is 0.146. The average molecular weight is 420 g/mol. The molecule has 160 valence electrons. The number of rotatable bonds is 8. The quantitative estimate of drug-likeness (QED) is 0.358. The van der Waals surface area contributed by atoms with E-state index in [2.05, 4.69) is 20.6 Å². The van der Waals surface area contributed by atoms with E-state index in [1.807, 2.05) is 0 Å². The van der Waals surface area contributed by atoms with Crippen LogP contribution in [0.1, 0.15) is 37.7 Å². The summed E-state index contributed by atoms with van der Waals surface area (Å²) in [7, 11) is 1.58. The molecule has 30 heavy (non-hydrogen) atoms. The summed E-state index contributed by atoms with van der Waals surface area (Å²) >= 11 is 0. The molecule has 0 aliphatic rings. The first-order chi connectivity index (χ1) is 14.7. The maximum atomic E-state index is 14.7. The number of nitrogens with zero attached hydrogens (tertiary/aromatic N) is 2. The van der Waals surface area contributed by atoms with E-state index < -0.39 is 23.8 Å². The van der Waals surface area contributed by atoms with Crippen LogP contribution in [0.3, 0.4) is 0 Å². The van der Waals surface area contributed by atoms with Gasteiger partial charge in [0.2, 0.25) is 0 Å². The van der Waals surface area contributed by atoms with Crippen molar-refractivity contribution in [1.29, 1.82) is 0 Å². The van der Waals surface area contributed by atoms with Crippen LogP contribution in [0.25, 0.3) is 10.9 Å². The molecule has 1 atom stereocenters. The Balaban J connectivity index is 2.01. The lowest BCUT2D eigenvalue weighted by Gasteiger charge is -2.19. The van der Waals surface area contributed by atoms with Gasteiger partial charge < -0.3 is 21.1 Å². The third-order valence-corrected chi connectivity index (χ3v) is 4.57. The highest BCUT2D eigenvalue weighted by Crippen LogP contribution is 2.32. The van der Waals surface area contributed by atoms with Crippen LogP contribution in [-0.2, 0) is 4.74 Å². The zero-order chi connectivity index (χ0) is 22.7. The number of fused-ring (bicyclic) bond motifs is 1. The van der Waals surface area contributed by atoms with Crippen molar-refractivity contribution >= 4 is 28.1 Å². The summed E-state index contributed by atoms with van der Waals surface area (Å²) < 4.78 is 54.3. The van der Waals surface area contributed by atoms with Crippen LogP contribution >= 0.6 is 0 Å². The summed E-state index contributed by atoms with van der Waals surface area (Å²) in [6, 6.07) is 5.14. The minimum Gasteiger partial charge on any atom is -0.399 e. The van der Waals surface area contributed by atoms with Gasteiger partial charge in [0.1, 0.15) is 17.5 Å². The van der Waals surface area contributed by atoms with Gasteiger partial charge in [-0.05, 0) is 44.2 Å².